The minimum absolute atomic E-state index is 0.0806. The van der Waals surface area contributed by atoms with E-state index in [-0.39, 0.29) is 41.3 Å². The van der Waals surface area contributed by atoms with Gasteiger partial charge in [0.2, 0.25) is 0 Å². The smallest absolute Gasteiger partial charge is 0.303 e. The van der Waals surface area contributed by atoms with Gasteiger partial charge in [0.05, 0.1) is 12.2 Å². The van der Waals surface area contributed by atoms with Gasteiger partial charge in [0.25, 0.3) is 0 Å². The maximum atomic E-state index is 11.7. The molecule has 0 heterocycles. The maximum Gasteiger partial charge on any atom is 0.303 e. The molecule has 4 nitrogen and oxygen atoms in total. The molecule has 4 heteroatoms. The SMILES string of the molecule is C#CC[C@H]1[C@@H](O)C2C3CC[C@H]([C@H](C)CCC(=O)O)[C@@]3(C)CCC2[C@@]2(C)CC[C@@H](O)C[C@@H]12. The van der Waals surface area contributed by atoms with Crippen LogP contribution in [-0.4, -0.2) is 33.5 Å². The molecule has 4 aliphatic rings. The summed E-state index contributed by atoms with van der Waals surface area (Å²) in [5.41, 5.74) is 0.330. The van der Waals surface area contributed by atoms with Crippen molar-refractivity contribution in [2.45, 2.75) is 97.2 Å². The Hall–Kier alpha value is -1.05. The molecule has 4 aliphatic carbocycles. The van der Waals surface area contributed by atoms with Gasteiger partial charge in [-0.25, -0.2) is 0 Å². The van der Waals surface area contributed by atoms with E-state index in [9.17, 15) is 15.0 Å². The summed E-state index contributed by atoms with van der Waals surface area (Å²) in [7, 11) is 0. The summed E-state index contributed by atoms with van der Waals surface area (Å²) in [6, 6.07) is 0. The van der Waals surface area contributed by atoms with Crippen molar-refractivity contribution < 1.29 is 20.1 Å². The molecule has 11 atom stereocenters. The van der Waals surface area contributed by atoms with Crippen molar-refractivity contribution in [2.75, 3.05) is 0 Å². The molecular weight excluding hydrogens is 388 g/mol. The fourth-order valence-electron chi connectivity index (χ4n) is 9.36. The molecule has 0 aromatic carbocycles. The van der Waals surface area contributed by atoms with Gasteiger partial charge in [-0.05, 0) is 104 Å². The van der Waals surface area contributed by atoms with Gasteiger partial charge in [-0.15, -0.1) is 12.3 Å². The number of aliphatic carboxylic acids is 1. The van der Waals surface area contributed by atoms with Gasteiger partial charge in [0.1, 0.15) is 0 Å². The van der Waals surface area contributed by atoms with Crippen molar-refractivity contribution in [3.8, 4) is 12.3 Å². The van der Waals surface area contributed by atoms with Crippen LogP contribution in [0.1, 0.15) is 85.0 Å². The third kappa shape index (κ3) is 3.65. The average Bonchev–Trinajstić information content (AvgIpc) is 3.07. The number of fused-ring (bicyclic) bond motifs is 5. The van der Waals surface area contributed by atoms with E-state index in [0.29, 0.717) is 36.0 Å². The molecule has 174 valence electrons. The molecule has 0 aliphatic heterocycles. The van der Waals surface area contributed by atoms with E-state index in [4.69, 9.17) is 11.5 Å². The molecule has 0 saturated heterocycles. The van der Waals surface area contributed by atoms with Crippen molar-refractivity contribution in [2.24, 2.45) is 52.3 Å². The fraction of sp³-hybridized carbons (Fsp3) is 0.889. The lowest BCUT2D eigenvalue weighted by atomic mass is 9.41. The van der Waals surface area contributed by atoms with Gasteiger partial charge < -0.3 is 15.3 Å². The molecule has 0 spiro atoms. The van der Waals surface area contributed by atoms with Gasteiger partial charge in [-0.1, -0.05) is 20.8 Å². The molecule has 0 bridgehead atoms. The zero-order valence-electron chi connectivity index (χ0n) is 19.6. The van der Waals surface area contributed by atoms with Crippen LogP contribution in [0.3, 0.4) is 0 Å². The van der Waals surface area contributed by atoms with E-state index in [1.807, 2.05) is 0 Å². The highest BCUT2D eigenvalue weighted by molar-refractivity contribution is 5.66. The number of hydrogen-bond acceptors (Lipinski definition) is 3. The molecule has 0 aromatic heterocycles. The van der Waals surface area contributed by atoms with Crippen LogP contribution >= 0.6 is 0 Å². The second-order valence-electron chi connectivity index (χ2n) is 12.0. The Bertz CT molecular complexity index is 727. The van der Waals surface area contributed by atoms with Gasteiger partial charge in [0.15, 0.2) is 0 Å². The van der Waals surface area contributed by atoms with E-state index < -0.39 is 5.97 Å². The summed E-state index contributed by atoms with van der Waals surface area (Å²) in [5.74, 6) is 4.75. The molecule has 3 N–H and O–H groups in total. The first-order valence-corrected chi connectivity index (χ1v) is 12.6. The molecule has 4 saturated carbocycles. The Morgan fingerprint density at radius 1 is 1.06 bits per heavy atom. The summed E-state index contributed by atoms with van der Waals surface area (Å²) in [4.78, 5) is 11.1. The molecule has 0 amide bonds. The normalized spacial score (nSPS) is 49.9. The van der Waals surface area contributed by atoms with E-state index in [1.165, 1.54) is 6.42 Å². The Labute approximate surface area is 188 Å². The summed E-state index contributed by atoms with van der Waals surface area (Å²) >= 11 is 0. The highest BCUT2D eigenvalue weighted by atomic mass is 16.4. The average molecular weight is 431 g/mol. The molecular formula is C27H42O4. The number of hydrogen-bond donors (Lipinski definition) is 3. The highest BCUT2D eigenvalue weighted by Crippen LogP contribution is 2.69. The highest BCUT2D eigenvalue weighted by Gasteiger charge is 2.65. The molecule has 0 radical (unpaired) electrons. The monoisotopic (exact) mass is 430 g/mol. The maximum absolute atomic E-state index is 11.7. The number of carboxylic acid groups (broad SMARTS) is 1. The predicted octanol–water partition coefficient (Wildman–Crippen LogP) is 4.73. The number of terminal acetylenes is 1. The molecule has 31 heavy (non-hydrogen) atoms. The molecule has 4 fully saturated rings. The van der Waals surface area contributed by atoms with Gasteiger partial charge in [-0.2, -0.15) is 0 Å². The van der Waals surface area contributed by atoms with Crippen molar-refractivity contribution in [1.29, 1.82) is 0 Å². The van der Waals surface area contributed by atoms with Crippen LogP contribution in [0.5, 0.6) is 0 Å². The first kappa shape index (κ1) is 23.1. The standard InChI is InChI=1S/C27H42O4/c1-5-6-18-22-15-17(28)11-13-27(22,4)21-12-14-26(3)19(16(2)7-10-23(29)30)8-9-20(26)24(21)25(18)31/h1,16-22,24-25,28,31H,6-15H2,2-4H3,(H,29,30)/t16-,17-,18-,19-,20?,21?,22+,24?,25-,26-,27-/m1/s1. The minimum Gasteiger partial charge on any atom is -0.481 e. The van der Waals surface area contributed by atoms with Crippen molar-refractivity contribution in [3.05, 3.63) is 0 Å². The van der Waals surface area contributed by atoms with Crippen LogP contribution < -0.4 is 0 Å². The number of aliphatic hydroxyl groups is 2. The number of aliphatic hydroxyl groups excluding tert-OH is 2. The fourth-order valence-corrected chi connectivity index (χ4v) is 9.36. The van der Waals surface area contributed by atoms with E-state index in [0.717, 1.165) is 44.9 Å². The van der Waals surface area contributed by atoms with Crippen LogP contribution in [0.25, 0.3) is 0 Å². The Kier molecular flexibility index (Phi) is 6.25. The van der Waals surface area contributed by atoms with Gasteiger partial charge >= 0.3 is 5.97 Å². The van der Waals surface area contributed by atoms with Crippen LogP contribution in [0, 0.1) is 64.6 Å². The van der Waals surface area contributed by atoms with E-state index in [1.54, 1.807) is 0 Å². The van der Waals surface area contributed by atoms with Crippen LogP contribution in [-0.2, 0) is 4.79 Å². The first-order chi connectivity index (χ1) is 14.6. The second kappa shape index (κ2) is 8.38. The summed E-state index contributed by atoms with van der Waals surface area (Å²) in [5, 5.41) is 31.3. The molecule has 4 rings (SSSR count). The summed E-state index contributed by atoms with van der Waals surface area (Å²) in [6.07, 6.45) is 14.0. The third-order valence-electron chi connectivity index (χ3n) is 10.8. The van der Waals surface area contributed by atoms with Crippen LogP contribution in [0.4, 0.5) is 0 Å². The Morgan fingerprint density at radius 3 is 2.42 bits per heavy atom. The van der Waals surface area contributed by atoms with Crippen LogP contribution in [0.2, 0.25) is 0 Å². The lowest BCUT2D eigenvalue weighted by Gasteiger charge is -2.64. The third-order valence-corrected chi connectivity index (χ3v) is 10.8. The van der Waals surface area contributed by atoms with Crippen molar-refractivity contribution in [3.63, 3.8) is 0 Å². The zero-order valence-corrected chi connectivity index (χ0v) is 19.6. The van der Waals surface area contributed by atoms with Crippen molar-refractivity contribution in [1.82, 2.24) is 0 Å². The lowest BCUT2D eigenvalue weighted by molar-refractivity contribution is -0.201. The summed E-state index contributed by atoms with van der Waals surface area (Å²) < 4.78 is 0. The number of rotatable bonds is 5. The second-order valence-corrected chi connectivity index (χ2v) is 12.0. The number of carbonyl (C=O) groups is 1. The largest absolute Gasteiger partial charge is 0.481 e. The quantitative estimate of drug-likeness (QED) is 0.551. The predicted molar refractivity (Wildman–Crippen MR) is 121 cm³/mol. The summed E-state index contributed by atoms with van der Waals surface area (Å²) in [6.45, 7) is 7.11. The van der Waals surface area contributed by atoms with Crippen LogP contribution in [0.15, 0.2) is 0 Å². The van der Waals surface area contributed by atoms with Gasteiger partial charge in [-0.3, -0.25) is 4.79 Å². The topological polar surface area (TPSA) is 77.8 Å². The molecule has 3 unspecified atom stereocenters. The first-order valence-electron chi connectivity index (χ1n) is 12.6. The van der Waals surface area contributed by atoms with E-state index >= 15 is 0 Å². The lowest BCUT2D eigenvalue weighted by Crippen LogP contribution is -2.62. The minimum atomic E-state index is -0.700. The van der Waals surface area contributed by atoms with Gasteiger partial charge in [0, 0.05) is 12.8 Å². The van der Waals surface area contributed by atoms with E-state index in [2.05, 4.69) is 26.7 Å². The zero-order chi connectivity index (χ0) is 22.6. The Balaban J connectivity index is 1.63. The Morgan fingerprint density at radius 2 is 1.74 bits per heavy atom. The molecule has 0 aromatic rings. The van der Waals surface area contributed by atoms with Crippen molar-refractivity contribution >= 4 is 5.97 Å². The number of carboxylic acids is 1.